The Bertz CT molecular complexity index is 812. The molecule has 0 radical (unpaired) electrons. The minimum atomic E-state index is -0.787. The van der Waals surface area contributed by atoms with Crippen molar-refractivity contribution in [2.75, 3.05) is 6.54 Å². The van der Waals surface area contributed by atoms with Gasteiger partial charge in [-0.1, -0.05) is 36.3 Å². The minimum Gasteiger partial charge on any atom is -0.501 e. The topological polar surface area (TPSA) is 115 Å². The summed E-state index contributed by atoms with van der Waals surface area (Å²) in [5.41, 5.74) is 1.05. The molecule has 8 heteroatoms. The number of nitro groups is 1. The molecule has 0 aliphatic rings. The second-order valence-corrected chi connectivity index (χ2v) is 4.84. The molecule has 25 heavy (non-hydrogen) atoms. The van der Waals surface area contributed by atoms with Crippen LogP contribution in [0.2, 0.25) is 0 Å². The van der Waals surface area contributed by atoms with Gasteiger partial charge in [0.25, 0.3) is 0 Å². The number of alkyl carbamates (subject to hydrolysis) is 1. The molecule has 1 amide bonds. The van der Waals surface area contributed by atoms with Gasteiger partial charge in [-0.25, -0.2) is 4.79 Å². The molecular formula is C17H15N3O5. The number of carbonyl (C=O) groups is 1. The Labute approximate surface area is 143 Å². The number of amides is 1. The van der Waals surface area contributed by atoms with Crippen molar-refractivity contribution in [3.05, 3.63) is 63.8 Å². The lowest BCUT2D eigenvalue weighted by Crippen LogP contribution is -2.24. The van der Waals surface area contributed by atoms with Gasteiger partial charge in [0, 0.05) is 19.0 Å². The maximum atomic E-state index is 11.5. The van der Waals surface area contributed by atoms with E-state index in [-0.39, 0.29) is 18.8 Å². The zero-order valence-corrected chi connectivity index (χ0v) is 13.1. The first-order valence-corrected chi connectivity index (χ1v) is 7.34. The zero-order valence-electron chi connectivity index (χ0n) is 13.1. The van der Waals surface area contributed by atoms with Crippen molar-refractivity contribution in [2.24, 2.45) is 0 Å². The van der Waals surface area contributed by atoms with Gasteiger partial charge in [-0.3, -0.25) is 0 Å². The number of aromatic hydroxyl groups is 1. The minimum absolute atomic E-state index is 0.163. The van der Waals surface area contributed by atoms with E-state index in [2.05, 4.69) is 22.1 Å². The molecule has 1 heterocycles. The Morgan fingerprint density at radius 1 is 1.28 bits per heavy atom. The number of benzene rings is 1. The van der Waals surface area contributed by atoms with Gasteiger partial charge in [-0.2, -0.15) is 0 Å². The largest absolute Gasteiger partial charge is 0.501 e. The van der Waals surface area contributed by atoms with Crippen LogP contribution in [0.3, 0.4) is 0 Å². The second-order valence-electron chi connectivity index (χ2n) is 4.84. The van der Waals surface area contributed by atoms with Crippen LogP contribution in [-0.4, -0.2) is 27.7 Å². The predicted octanol–water partition coefficient (Wildman–Crippen LogP) is 2.36. The smallest absolute Gasteiger partial charge is 0.407 e. The molecule has 2 rings (SSSR count). The molecule has 0 unspecified atom stereocenters. The summed E-state index contributed by atoms with van der Waals surface area (Å²) in [6.45, 7) is 0.445. The third-order valence-corrected chi connectivity index (χ3v) is 2.98. The molecule has 1 aromatic carbocycles. The summed E-state index contributed by atoms with van der Waals surface area (Å²) in [7, 11) is 0. The number of hydrogen-bond acceptors (Lipinski definition) is 6. The molecule has 0 atom stereocenters. The highest BCUT2D eigenvalue weighted by atomic mass is 16.6. The van der Waals surface area contributed by atoms with Crippen LogP contribution in [0, 0.1) is 22.0 Å². The first-order chi connectivity index (χ1) is 12.1. The molecule has 2 aromatic rings. The van der Waals surface area contributed by atoms with Crippen LogP contribution in [0.1, 0.15) is 17.7 Å². The van der Waals surface area contributed by atoms with E-state index in [1.54, 1.807) is 0 Å². The van der Waals surface area contributed by atoms with Gasteiger partial charge in [-0.15, -0.1) is 0 Å². The van der Waals surface area contributed by atoms with Gasteiger partial charge in [-0.05, 0) is 27.5 Å². The van der Waals surface area contributed by atoms with Crippen molar-refractivity contribution in [1.82, 2.24) is 10.3 Å². The van der Waals surface area contributed by atoms with Crippen molar-refractivity contribution in [2.45, 2.75) is 13.0 Å². The maximum absolute atomic E-state index is 11.5. The average molecular weight is 341 g/mol. The van der Waals surface area contributed by atoms with Gasteiger partial charge in [0.05, 0.1) is 0 Å². The molecule has 0 saturated heterocycles. The molecular weight excluding hydrogens is 326 g/mol. The summed E-state index contributed by atoms with van der Waals surface area (Å²) in [5, 5.41) is 22.5. The summed E-state index contributed by atoms with van der Waals surface area (Å²) in [4.78, 5) is 25.0. The second kappa shape index (κ2) is 8.88. The number of hydrogen-bond donors (Lipinski definition) is 2. The van der Waals surface area contributed by atoms with Crippen LogP contribution in [0.25, 0.3) is 0 Å². The van der Waals surface area contributed by atoms with Crippen molar-refractivity contribution in [3.8, 4) is 17.6 Å². The van der Waals surface area contributed by atoms with Crippen LogP contribution in [0.15, 0.2) is 42.5 Å². The first-order valence-electron chi connectivity index (χ1n) is 7.34. The SMILES string of the molecule is O=C(NCCC#Cc1ccc(O)c([N+](=O)[O-])n1)OCc1ccccc1. The van der Waals surface area contributed by atoms with Crippen LogP contribution in [-0.2, 0) is 11.3 Å². The molecule has 8 nitrogen and oxygen atoms in total. The van der Waals surface area contributed by atoms with Crippen LogP contribution < -0.4 is 5.32 Å². The third kappa shape index (κ3) is 5.84. The van der Waals surface area contributed by atoms with E-state index in [0.29, 0.717) is 6.42 Å². The highest BCUT2D eigenvalue weighted by Gasteiger charge is 2.15. The van der Waals surface area contributed by atoms with Crippen molar-refractivity contribution < 1.29 is 19.6 Å². The molecule has 0 bridgehead atoms. The molecule has 2 N–H and O–H groups in total. The van der Waals surface area contributed by atoms with Gasteiger partial charge in [0.15, 0.2) is 0 Å². The maximum Gasteiger partial charge on any atom is 0.407 e. The lowest BCUT2D eigenvalue weighted by Gasteiger charge is -2.05. The fourth-order valence-electron chi connectivity index (χ4n) is 1.80. The Morgan fingerprint density at radius 2 is 2.04 bits per heavy atom. The summed E-state index contributed by atoms with van der Waals surface area (Å²) in [6.07, 6.45) is -0.236. The van der Waals surface area contributed by atoms with Crippen molar-refractivity contribution in [1.29, 1.82) is 0 Å². The summed E-state index contributed by atoms with van der Waals surface area (Å²) in [5.74, 6) is 4.20. The number of ether oxygens (including phenoxy) is 1. The summed E-state index contributed by atoms with van der Waals surface area (Å²) >= 11 is 0. The molecule has 0 aliphatic heterocycles. The Hall–Kier alpha value is -3.60. The summed E-state index contributed by atoms with van der Waals surface area (Å²) < 4.78 is 5.03. The van der Waals surface area contributed by atoms with E-state index in [1.165, 1.54) is 6.07 Å². The molecule has 1 aromatic heterocycles. The van der Waals surface area contributed by atoms with E-state index in [1.807, 2.05) is 30.3 Å². The quantitative estimate of drug-likeness (QED) is 0.373. The van der Waals surface area contributed by atoms with E-state index in [0.717, 1.165) is 11.6 Å². The Balaban J connectivity index is 1.74. The number of carbonyl (C=O) groups excluding carboxylic acids is 1. The molecule has 0 spiro atoms. The standard InChI is InChI=1S/C17H15N3O5/c21-15-10-9-14(19-16(15)20(23)24)8-4-5-11-18-17(22)25-12-13-6-2-1-3-7-13/h1-3,6-7,9-10,21H,5,11-12H2,(H,18,22). The molecule has 128 valence electrons. The fourth-order valence-corrected chi connectivity index (χ4v) is 1.80. The molecule has 0 fully saturated rings. The lowest BCUT2D eigenvalue weighted by molar-refractivity contribution is -0.390. The highest BCUT2D eigenvalue weighted by molar-refractivity contribution is 5.67. The van der Waals surface area contributed by atoms with Gasteiger partial charge in [0.2, 0.25) is 11.4 Å². The third-order valence-electron chi connectivity index (χ3n) is 2.98. The monoisotopic (exact) mass is 341 g/mol. The number of nitrogens with zero attached hydrogens (tertiary/aromatic N) is 2. The van der Waals surface area contributed by atoms with Crippen LogP contribution in [0.4, 0.5) is 10.6 Å². The van der Waals surface area contributed by atoms with Crippen LogP contribution in [0.5, 0.6) is 5.75 Å². The predicted molar refractivity (Wildman–Crippen MR) is 88.7 cm³/mol. The zero-order chi connectivity index (χ0) is 18.1. The number of aromatic nitrogens is 1. The number of pyridine rings is 1. The van der Waals surface area contributed by atoms with E-state index >= 15 is 0 Å². The van der Waals surface area contributed by atoms with E-state index < -0.39 is 22.6 Å². The lowest BCUT2D eigenvalue weighted by atomic mass is 10.2. The number of nitrogens with one attached hydrogen (secondary N) is 1. The van der Waals surface area contributed by atoms with Crippen molar-refractivity contribution in [3.63, 3.8) is 0 Å². The van der Waals surface area contributed by atoms with E-state index in [4.69, 9.17) is 4.74 Å². The Kier molecular flexibility index (Phi) is 6.31. The van der Waals surface area contributed by atoms with Crippen molar-refractivity contribution >= 4 is 11.9 Å². The van der Waals surface area contributed by atoms with Gasteiger partial charge in [0.1, 0.15) is 6.61 Å². The Morgan fingerprint density at radius 3 is 2.76 bits per heavy atom. The highest BCUT2D eigenvalue weighted by Crippen LogP contribution is 2.21. The van der Waals surface area contributed by atoms with Gasteiger partial charge >= 0.3 is 11.9 Å². The van der Waals surface area contributed by atoms with Crippen LogP contribution >= 0.6 is 0 Å². The number of rotatable bonds is 5. The fraction of sp³-hybridized carbons (Fsp3) is 0.176. The molecule has 0 saturated carbocycles. The summed E-state index contributed by atoms with van der Waals surface area (Å²) in [6, 6.07) is 11.8. The normalized spacial score (nSPS) is 9.60. The van der Waals surface area contributed by atoms with E-state index in [9.17, 15) is 20.0 Å². The average Bonchev–Trinajstić information content (AvgIpc) is 2.61. The molecule has 0 aliphatic carbocycles. The van der Waals surface area contributed by atoms with Gasteiger partial charge < -0.3 is 25.3 Å². The first kappa shape index (κ1) is 17.7.